The third kappa shape index (κ3) is 4.76. The first-order valence-corrected chi connectivity index (χ1v) is 6.22. The SMILES string of the molecule is CCOCCC(=O)Nc1nnc([C@H](C)OC)s1. The summed E-state index contributed by atoms with van der Waals surface area (Å²) in [4.78, 5) is 11.5. The molecule has 1 atom stereocenters. The molecule has 1 aromatic heterocycles. The summed E-state index contributed by atoms with van der Waals surface area (Å²) in [6.07, 6.45) is 0.212. The molecule has 0 unspecified atom stereocenters. The van der Waals surface area contributed by atoms with E-state index in [1.165, 1.54) is 11.3 Å². The Hall–Kier alpha value is -1.05. The summed E-state index contributed by atoms with van der Waals surface area (Å²) in [7, 11) is 1.60. The molecule has 0 saturated heterocycles. The Bertz CT molecular complexity index is 356. The van der Waals surface area contributed by atoms with Crippen LogP contribution in [0.15, 0.2) is 0 Å². The van der Waals surface area contributed by atoms with Crippen LogP contribution < -0.4 is 5.32 Å². The second-order valence-corrected chi connectivity index (χ2v) is 4.33. The Labute approximate surface area is 104 Å². The first-order valence-electron chi connectivity index (χ1n) is 5.41. The number of ether oxygens (including phenoxy) is 2. The molecule has 0 bridgehead atoms. The quantitative estimate of drug-likeness (QED) is 0.753. The number of nitrogens with one attached hydrogen (secondary N) is 1. The molecule has 17 heavy (non-hydrogen) atoms. The normalized spacial score (nSPS) is 12.4. The van der Waals surface area contributed by atoms with E-state index in [0.29, 0.717) is 24.8 Å². The Kier molecular flexibility index (Phi) is 6.03. The van der Waals surface area contributed by atoms with Crippen molar-refractivity contribution in [2.75, 3.05) is 25.6 Å². The van der Waals surface area contributed by atoms with Crippen molar-refractivity contribution < 1.29 is 14.3 Å². The summed E-state index contributed by atoms with van der Waals surface area (Å²) in [5.74, 6) is -0.119. The lowest BCUT2D eigenvalue weighted by atomic mass is 10.4. The van der Waals surface area contributed by atoms with Crippen molar-refractivity contribution in [3.8, 4) is 0 Å². The van der Waals surface area contributed by atoms with Crippen molar-refractivity contribution in [2.45, 2.75) is 26.4 Å². The van der Waals surface area contributed by atoms with Crippen molar-refractivity contribution in [3.63, 3.8) is 0 Å². The molecule has 0 saturated carbocycles. The van der Waals surface area contributed by atoms with Gasteiger partial charge in [-0.05, 0) is 13.8 Å². The highest BCUT2D eigenvalue weighted by atomic mass is 32.1. The largest absolute Gasteiger partial charge is 0.381 e. The highest BCUT2D eigenvalue weighted by molar-refractivity contribution is 7.15. The minimum absolute atomic E-state index is 0.110. The molecule has 0 radical (unpaired) electrons. The van der Waals surface area contributed by atoms with Crippen molar-refractivity contribution in [2.24, 2.45) is 0 Å². The Morgan fingerprint density at radius 2 is 2.29 bits per heavy atom. The van der Waals surface area contributed by atoms with Crippen LogP contribution in [-0.4, -0.2) is 36.4 Å². The van der Waals surface area contributed by atoms with E-state index < -0.39 is 0 Å². The maximum Gasteiger partial charge on any atom is 0.228 e. The number of methoxy groups -OCH3 is 1. The molecule has 0 aliphatic rings. The smallest absolute Gasteiger partial charge is 0.228 e. The first kappa shape index (κ1) is 14.0. The molecule has 1 aromatic rings. The lowest BCUT2D eigenvalue weighted by Gasteiger charge is -2.02. The van der Waals surface area contributed by atoms with Crippen LogP contribution in [0.2, 0.25) is 0 Å². The van der Waals surface area contributed by atoms with Crippen molar-refractivity contribution >= 4 is 22.4 Å². The van der Waals surface area contributed by atoms with E-state index in [1.54, 1.807) is 7.11 Å². The van der Waals surface area contributed by atoms with E-state index >= 15 is 0 Å². The molecule has 0 fully saturated rings. The number of hydrogen-bond acceptors (Lipinski definition) is 6. The molecule has 0 aromatic carbocycles. The van der Waals surface area contributed by atoms with Crippen molar-refractivity contribution in [3.05, 3.63) is 5.01 Å². The van der Waals surface area contributed by atoms with E-state index in [0.717, 1.165) is 5.01 Å². The number of nitrogens with zero attached hydrogens (tertiary/aromatic N) is 2. The summed E-state index contributed by atoms with van der Waals surface area (Å²) in [6.45, 7) is 4.80. The number of rotatable bonds is 7. The fourth-order valence-corrected chi connectivity index (χ4v) is 1.83. The van der Waals surface area contributed by atoms with E-state index in [4.69, 9.17) is 9.47 Å². The van der Waals surface area contributed by atoms with Gasteiger partial charge in [0, 0.05) is 13.7 Å². The zero-order chi connectivity index (χ0) is 12.7. The van der Waals surface area contributed by atoms with E-state index in [1.807, 2.05) is 13.8 Å². The fourth-order valence-electron chi connectivity index (χ4n) is 1.04. The molecule has 6 nitrogen and oxygen atoms in total. The van der Waals surface area contributed by atoms with Gasteiger partial charge in [0.2, 0.25) is 11.0 Å². The summed E-state index contributed by atoms with van der Waals surface area (Å²) in [5.41, 5.74) is 0. The standard InChI is InChI=1S/C10H17N3O3S/c1-4-16-6-5-8(14)11-10-13-12-9(17-10)7(2)15-3/h7H,4-6H2,1-3H3,(H,11,13,14)/t7-/m0/s1. The zero-order valence-corrected chi connectivity index (χ0v) is 11.0. The Balaban J connectivity index is 2.40. The fraction of sp³-hybridized carbons (Fsp3) is 0.700. The lowest BCUT2D eigenvalue weighted by molar-refractivity contribution is -0.117. The van der Waals surface area contributed by atoms with Gasteiger partial charge in [-0.1, -0.05) is 11.3 Å². The Morgan fingerprint density at radius 1 is 1.53 bits per heavy atom. The number of anilines is 1. The van der Waals surface area contributed by atoms with Gasteiger partial charge in [-0.3, -0.25) is 4.79 Å². The molecular weight excluding hydrogens is 242 g/mol. The van der Waals surface area contributed by atoms with Gasteiger partial charge in [0.1, 0.15) is 11.1 Å². The summed E-state index contributed by atoms with van der Waals surface area (Å²) >= 11 is 1.31. The molecule has 1 amide bonds. The second-order valence-electron chi connectivity index (χ2n) is 3.32. The van der Waals surface area contributed by atoms with Gasteiger partial charge in [0.25, 0.3) is 0 Å². The van der Waals surface area contributed by atoms with Crippen molar-refractivity contribution in [1.29, 1.82) is 0 Å². The molecule has 0 aliphatic heterocycles. The average molecular weight is 259 g/mol. The van der Waals surface area contributed by atoms with Crippen LogP contribution in [0.25, 0.3) is 0 Å². The van der Waals surface area contributed by atoms with Crippen LogP contribution in [0.5, 0.6) is 0 Å². The van der Waals surface area contributed by atoms with Gasteiger partial charge >= 0.3 is 0 Å². The molecule has 0 spiro atoms. The third-order valence-electron chi connectivity index (χ3n) is 2.07. The lowest BCUT2D eigenvalue weighted by Crippen LogP contribution is -2.13. The van der Waals surface area contributed by atoms with Crippen LogP contribution in [0.4, 0.5) is 5.13 Å². The predicted molar refractivity (Wildman–Crippen MR) is 65.1 cm³/mol. The molecule has 1 N–H and O–H groups in total. The van der Waals surface area contributed by atoms with Gasteiger partial charge in [-0.2, -0.15) is 0 Å². The Morgan fingerprint density at radius 3 is 2.94 bits per heavy atom. The number of hydrogen-bond donors (Lipinski definition) is 1. The highest BCUT2D eigenvalue weighted by Crippen LogP contribution is 2.23. The van der Waals surface area contributed by atoms with Crippen LogP contribution in [0.3, 0.4) is 0 Å². The maximum atomic E-state index is 11.5. The monoisotopic (exact) mass is 259 g/mol. The summed E-state index contributed by atoms with van der Waals surface area (Å²) in [6, 6.07) is 0. The minimum atomic E-state index is -0.119. The number of amides is 1. The van der Waals surface area contributed by atoms with Gasteiger partial charge < -0.3 is 14.8 Å². The summed E-state index contributed by atoms with van der Waals surface area (Å²) in [5, 5.41) is 11.7. The molecule has 7 heteroatoms. The van der Waals surface area contributed by atoms with Gasteiger partial charge in [0.15, 0.2) is 0 Å². The molecule has 96 valence electrons. The van der Waals surface area contributed by atoms with Gasteiger partial charge in [-0.25, -0.2) is 0 Å². The average Bonchev–Trinajstić information content (AvgIpc) is 2.77. The molecule has 1 heterocycles. The second kappa shape index (κ2) is 7.31. The van der Waals surface area contributed by atoms with Gasteiger partial charge in [-0.15, -0.1) is 10.2 Å². The topological polar surface area (TPSA) is 73.3 Å². The summed E-state index contributed by atoms with van der Waals surface area (Å²) < 4.78 is 10.2. The first-order chi connectivity index (χ1) is 8.17. The van der Waals surface area contributed by atoms with Crippen LogP contribution in [-0.2, 0) is 14.3 Å². The maximum absolute atomic E-state index is 11.5. The number of carbonyl (C=O) groups excluding carboxylic acids is 1. The van der Waals surface area contributed by atoms with Gasteiger partial charge in [0.05, 0.1) is 13.0 Å². The number of aromatic nitrogens is 2. The van der Waals surface area contributed by atoms with E-state index in [-0.39, 0.29) is 12.0 Å². The molecule has 0 aliphatic carbocycles. The van der Waals surface area contributed by atoms with Crippen molar-refractivity contribution in [1.82, 2.24) is 10.2 Å². The van der Waals surface area contributed by atoms with E-state index in [9.17, 15) is 4.79 Å². The molecule has 1 rings (SSSR count). The highest BCUT2D eigenvalue weighted by Gasteiger charge is 2.12. The van der Waals surface area contributed by atoms with E-state index in [2.05, 4.69) is 15.5 Å². The third-order valence-corrected chi connectivity index (χ3v) is 3.07. The predicted octanol–water partition coefficient (Wildman–Crippen LogP) is 1.61. The van der Waals surface area contributed by atoms with Crippen LogP contribution in [0.1, 0.15) is 31.4 Å². The van der Waals surface area contributed by atoms with Crippen LogP contribution >= 0.6 is 11.3 Å². The molecular formula is C10H17N3O3S. The number of carbonyl (C=O) groups is 1. The van der Waals surface area contributed by atoms with Crippen LogP contribution in [0, 0.1) is 0 Å². The zero-order valence-electron chi connectivity index (χ0n) is 10.2. The minimum Gasteiger partial charge on any atom is -0.381 e.